The van der Waals surface area contributed by atoms with Gasteiger partial charge in [-0.15, -0.1) is 6.53 Å². The van der Waals surface area contributed by atoms with E-state index in [1.54, 1.807) is 0 Å². The van der Waals surface area contributed by atoms with Crippen molar-refractivity contribution in [3.05, 3.63) is 24.2 Å². The Bertz CT molecular complexity index is 246. The normalized spacial score (nSPS) is 18.7. The van der Waals surface area contributed by atoms with Gasteiger partial charge in [-0.25, -0.2) is 0 Å². The van der Waals surface area contributed by atoms with Gasteiger partial charge in [-0.2, -0.15) is 0 Å². The lowest BCUT2D eigenvalue weighted by molar-refractivity contribution is 0.103. The van der Waals surface area contributed by atoms with Crippen LogP contribution in [0.4, 0.5) is 0 Å². The summed E-state index contributed by atoms with van der Waals surface area (Å²) in [5.41, 5.74) is -0.196. The average molecular weight is 157 g/mol. The molecule has 1 heteroatoms. The number of hydrogen-bond donors (Lipinski definition) is 1. The third-order valence-corrected chi connectivity index (χ3v) is 1.45. The highest BCUT2D eigenvalue weighted by molar-refractivity contribution is 4.97. The molecule has 0 aromatic rings. The first-order valence-electron chi connectivity index (χ1n) is 5.27. The maximum atomic E-state index is 9.75. The summed E-state index contributed by atoms with van der Waals surface area (Å²) >= 11 is 0. The Hall–Kier alpha value is -0.560. The summed E-state index contributed by atoms with van der Waals surface area (Å²) in [5, 5.41) is 9.75. The number of hydrogen-bond acceptors (Lipinski definition) is 1. The third-order valence-electron chi connectivity index (χ3n) is 1.45. The Labute approximate surface area is 73.7 Å². The Morgan fingerprint density at radius 3 is 2.91 bits per heavy atom. The highest BCUT2D eigenvalue weighted by Gasteiger charge is 2.12. The Morgan fingerprint density at radius 2 is 2.45 bits per heavy atom. The molecule has 0 saturated carbocycles. The molecule has 0 fully saturated rings. The lowest BCUT2D eigenvalue weighted by Crippen LogP contribution is -2.19. The molecule has 0 saturated heterocycles. The van der Waals surface area contributed by atoms with E-state index in [9.17, 15) is 5.11 Å². The van der Waals surface area contributed by atoms with Gasteiger partial charge in [0.1, 0.15) is 0 Å². The number of allylic oxidation sites excluding steroid dienone is 2. The van der Waals surface area contributed by atoms with E-state index in [2.05, 4.69) is 0 Å². The van der Waals surface area contributed by atoms with Gasteiger partial charge in [0.25, 0.3) is 0 Å². The largest absolute Gasteiger partial charge is 0.386 e. The fourth-order valence-electron chi connectivity index (χ4n) is 0.704. The van der Waals surface area contributed by atoms with Gasteiger partial charge in [-0.1, -0.05) is 17.7 Å². The Morgan fingerprint density at radius 1 is 1.82 bits per heavy atom. The van der Waals surface area contributed by atoms with E-state index in [1.807, 2.05) is 19.9 Å². The summed E-state index contributed by atoms with van der Waals surface area (Å²) in [7, 11) is 0. The molecule has 0 aromatic carbocycles. The van der Waals surface area contributed by atoms with Gasteiger partial charge in [0.2, 0.25) is 0 Å². The van der Waals surface area contributed by atoms with Crippen LogP contribution in [-0.4, -0.2) is 10.7 Å². The highest BCUT2D eigenvalue weighted by atomic mass is 16.3. The second-order valence-corrected chi connectivity index (χ2v) is 3.22. The average Bonchev–Trinajstić information content (AvgIpc) is 2.01. The van der Waals surface area contributed by atoms with Crippen LogP contribution in [-0.2, 0) is 0 Å². The minimum atomic E-state index is -1.36. The first-order chi connectivity index (χ1) is 6.27. The van der Waals surface area contributed by atoms with E-state index >= 15 is 0 Å². The molecule has 1 N–H and O–H groups in total. The van der Waals surface area contributed by atoms with Gasteiger partial charge in [-0.3, -0.25) is 0 Å². The molecule has 0 radical (unpaired) electrons. The Balaban J connectivity index is 4.36. The molecule has 0 aromatic heterocycles. The minimum absolute atomic E-state index is 0.320. The van der Waals surface area contributed by atoms with Crippen molar-refractivity contribution in [1.82, 2.24) is 0 Å². The SMILES string of the molecule is [2H]C([2H])=C([2H])C(C)(O)CCC=C(C)C. The molecule has 1 nitrogen and oxygen atoms in total. The maximum absolute atomic E-state index is 9.75. The van der Waals surface area contributed by atoms with Gasteiger partial charge < -0.3 is 5.11 Å². The molecule has 1 atom stereocenters. The molecule has 0 spiro atoms. The van der Waals surface area contributed by atoms with Crippen LogP contribution < -0.4 is 0 Å². The van der Waals surface area contributed by atoms with Crippen LogP contribution in [0.25, 0.3) is 0 Å². The van der Waals surface area contributed by atoms with Gasteiger partial charge in [0.05, 0.1) is 9.71 Å². The molecule has 0 aliphatic heterocycles. The van der Waals surface area contributed by atoms with Crippen molar-refractivity contribution in [2.24, 2.45) is 0 Å². The van der Waals surface area contributed by atoms with E-state index in [0.717, 1.165) is 5.57 Å². The fraction of sp³-hybridized carbons (Fsp3) is 0.600. The predicted octanol–water partition coefficient (Wildman–Crippen LogP) is 2.67. The van der Waals surface area contributed by atoms with Gasteiger partial charge in [0.15, 0.2) is 0 Å². The lowest BCUT2D eigenvalue weighted by atomic mass is 10.00. The molecule has 0 aliphatic rings. The monoisotopic (exact) mass is 157 g/mol. The van der Waals surface area contributed by atoms with Crippen molar-refractivity contribution < 1.29 is 9.22 Å². The smallest absolute Gasteiger partial charge is 0.0800 e. The van der Waals surface area contributed by atoms with Crippen molar-refractivity contribution in [3.63, 3.8) is 0 Å². The van der Waals surface area contributed by atoms with Crippen molar-refractivity contribution in [1.29, 1.82) is 0 Å². The summed E-state index contributed by atoms with van der Waals surface area (Å²) < 4.78 is 21.2. The van der Waals surface area contributed by atoms with Crippen LogP contribution in [0.2, 0.25) is 0 Å². The molecule has 0 amide bonds. The van der Waals surface area contributed by atoms with E-state index in [0.29, 0.717) is 12.8 Å². The molecular formula is C10H18O. The zero-order valence-corrected chi connectivity index (χ0v) is 7.44. The van der Waals surface area contributed by atoms with E-state index in [4.69, 9.17) is 4.11 Å². The quantitative estimate of drug-likeness (QED) is 0.622. The fourth-order valence-corrected chi connectivity index (χ4v) is 0.704. The standard InChI is InChI=1S/C10H18O/c1-5-10(4,11)8-6-7-9(2)3/h5,7,11H,1,6,8H2,2-4H3/i1D2,5D. The summed E-state index contributed by atoms with van der Waals surface area (Å²) in [5.74, 6) is 0. The zero-order valence-electron chi connectivity index (χ0n) is 10.4. The van der Waals surface area contributed by atoms with Crippen LogP contribution in [0.5, 0.6) is 0 Å². The molecule has 0 rings (SSSR count). The van der Waals surface area contributed by atoms with Crippen LogP contribution in [0.1, 0.15) is 37.7 Å². The first-order valence-corrected chi connectivity index (χ1v) is 3.77. The number of rotatable bonds is 4. The van der Waals surface area contributed by atoms with E-state index in [1.165, 1.54) is 6.92 Å². The third kappa shape index (κ3) is 5.86. The molecule has 0 heterocycles. The van der Waals surface area contributed by atoms with Gasteiger partial charge >= 0.3 is 0 Å². The van der Waals surface area contributed by atoms with Crippen LogP contribution in [0.15, 0.2) is 24.2 Å². The van der Waals surface area contributed by atoms with Gasteiger partial charge in [0, 0.05) is 0 Å². The second-order valence-electron chi connectivity index (χ2n) is 3.22. The maximum Gasteiger partial charge on any atom is 0.0800 e. The molecular weight excluding hydrogens is 136 g/mol. The van der Waals surface area contributed by atoms with E-state index < -0.39 is 12.1 Å². The Kier molecular flexibility index (Phi) is 2.37. The number of aliphatic hydroxyl groups is 1. The lowest BCUT2D eigenvalue weighted by Gasteiger charge is -2.16. The van der Waals surface area contributed by atoms with Crippen LogP contribution in [0, 0.1) is 0 Å². The summed E-state index contributed by atoms with van der Waals surface area (Å²) in [4.78, 5) is 0. The van der Waals surface area contributed by atoms with Crippen molar-refractivity contribution in [2.45, 2.75) is 39.2 Å². The molecule has 64 valence electrons. The molecule has 1 unspecified atom stereocenters. The van der Waals surface area contributed by atoms with Crippen LogP contribution in [0.3, 0.4) is 0 Å². The van der Waals surface area contributed by atoms with E-state index in [-0.39, 0.29) is 6.05 Å². The molecule has 0 aliphatic carbocycles. The summed E-state index contributed by atoms with van der Waals surface area (Å²) in [6.45, 7) is 4.78. The van der Waals surface area contributed by atoms with Crippen LogP contribution >= 0.6 is 0 Å². The predicted molar refractivity (Wildman–Crippen MR) is 49.5 cm³/mol. The summed E-state index contributed by atoms with van der Waals surface area (Å²) in [6, 6.07) is -0.320. The van der Waals surface area contributed by atoms with Crippen molar-refractivity contribution >= 4 is 0 Å². The molecule has 11 heavy (non-hydrogen) atoms. The topological polar surface area (TPSA) is 20.2 Å². The molecule has 0 bridgehead atoms. The van der Waals surface area contributed by atoms with Gasteiger partial charge in [-0.05, 0) is 33.6 Å². The van der Waals surface area contributed by atoms with Crippen molar-refractivity contribution in [3.8, 4) is 0 Å². The second kappa shape index (κ2) is 4.35. The summed E-state index contributed by atoms with van der Waals surface area (Å²) in [6.07, 6.45) is 3.00. The first kappa shape index (κ1) is 6.01. The highest BCUT2D eigenvalue weighted by Crippen LogP contribution is 2.13. The zero-order chi connectivity index (χ0) is 11.4. The minimum Gasteiger partial charge on any atom is -0.386 e. The van der Waals surface area contributed by atoms with Crippen molar-refractivity contribution in [2.75, 3.05) is 0 Å².